The van der Waals surface area contributed by atoms with Gasteiger partial charge in [0.2, 0.25) is 0 Å². The average Bonchev–Trinajstić information content (AvgIpc) is 3.14. The molecule has 3 rings (SSSR count). The molecule has 24 heavy (non-hydrogen) atoms. The first kappa shape index (κ1) is 16.9. The van der Waals surface area contributed by atoms with Gasteiger partial charge in [0.1, 0.15) is 10.3 Å². The van der Waals surface area contributed by atoms with Crippen molar-refractivity contribution in [3.63, 3.8) is 0 Å². The standard InChI is InChI=1S/C15H14BrF3N4O/c1-8-5-9(7-20-12(8)16)14(3-4-14)21-13(24)10-6-11(15(17,18)19)22-23(10)2/h5-7H,3-4H2,1-2H3,(H,21,24). The lowest BCUT2D eigenvalue weighted by atomic mass is 10.1. The van der Waals surface area contributed by atoms with Crippen molar-refractivity contribution in [3.8, 4) is 0 Å². The monoisotopic (exact) mass is 402 g/mol. The van der Waals surface area contributed by atoms with Crippen molar-refractivity contribution in [3.05, 3.63) is 45.4 Å². The lowest BCUT2D eigenvalue weighted by Crippen LogP contribution is -2.36. The molecular weight excluding hydrogens is 389 g/mol. The highest BCUT2D eigenvalue weighted by atomic mass is 79.9. The van der Waals surface area contributed by atoms with Crippen molar-refractivity contribution in [2.45, 2.75) is 31.5 Å². The fourth-order valence-corrected chi connectivity index (χ4v) is 2.75. The molecule has 1 amide bonds. The van der Waals surface area contributed by atoms with Gasteiger partial charge in [0.15, 0.2) is 5.69 Å². The number of amides is 1. The molecule has 1 saturated carbocycles. The van der Waals surface area contributed by atoms with Gasteiger partial charge in [-0.25, -0.2) is 4.98 Å². The predicted molar refractivity (Wildman–Crippen MR) is 83.3 cm³/mol. The molecule has 5 nitrogen and oxygen atoms in total. The first-order valence-electron chi connectivity index (χ1n) is 7.19. The zero-order valence-electron chi connectivity index (χ0n) is 12.9. The number of aryl methyl sites for hydroxylation is 2. The third-order valence-corrected chi connectivity index (χ3v) is 4.90. The van der Waals surface area contributed by atoms with Gasteiger partial charge in [-0.1, -0.05) is 0 Å². The lowest BCUT2D eigenvalue weighted by molar-refractivity contribution is -0.141. The van der Waals surface area contributed by atoms with Crippen molar-refractivity contribution in [1.82, 2.24) is 20.1 Å². The highest BCUT2D eigenvalue weighted by Crippen LogP contribution is 2.46. The maximum absolute atomic E-state index is 12.7. The molecule has 0 bridgehead atoms. The Morgan fingerprint density at radius 3 is 2.54 bits per heavy atom. The van der Waals surface area contributed by atoms with Crippen molar-refractivity contribution in [2.24, 2.45) is 7.05 Å². The third-order valence-electron chi connectivity index (χ3n) is 4.07. The molecule has 2 aromatic rings. The van der Waals surface area contributed by atoms with Crippen LogP contribution in [0.1, 0.15) is 40.2 Å². The lowest BCUT2D eigenvalue weighted by Gasteiger charge is -2.18. The Labute approximate surface area is 144 Å². The van der Waals surface area contributed by atoms with Gasteiger partial charge in [0.25, 0.3) is 5.91 Å². The van der Waals surface area contributed by atoms with Crippen LogP contribution in [-0.2, 0) is 18.8 Å². The van der Waals surface area contributed by atoms with E-state index in [1.165, 1.54) is 7.05 Å². The van der Waals surface area contributed by atoms with Gasteiger partial charge in [-0.3, -0.25) is 9.48 Å². The summed E-state index contributed by atoms with van der Waals surface area (Å²) in [6.45, 7) is 1.88. The molecule has 2 aromatic heterocycles. The molecule has 0 spiro atoms. The Kier molecular flexibility index (Phi) is 3.94. The number of aromatic nitrogens is 3. The highest BCUT2D eigenvalue weighted by molar-refractivity contribution is 9.10. The summed E-state index contributed by atoms with van der Waals surface area (Å²) in [5.74, 6) is -0.585. The van der Waals surface area contributed by atoms with E-state index >= 15 is 0 Å². The quantitative estimate of drug-likeness (QED) is 0.801. The van der Waals surface area contributed by atoms with Gasteiger partial charge in [-0.05, 0) is 52.9 Å². The molecule has 0 aromatic carbocycles. The number of carbonyl (C=O) groups excluding carboxylic acids is 1. The zero-order chi connectivity index (χ0) is 17.7. The number of halogens is 4. The first-order valence-corrected chi connectivity index (χ1v) is 7.98. The molecular formula is C15H14BrF3N4O. The van der Waals surface area contributed by atoms with E-state index in [0.717, 1.165) is 26.5 Å². The summed E-state index contributed by atoms with van der Waals surface area (Å²) in [5, 5.41) is 6.19. The molecule has 128 valence electrons. The minimum atomic E-state index is -4.58. The minimum absolute atomic E-state index is 0.129. The first-order chi connectivity index (χ1) is 11.1. The van der Waals surface area contributed by atoms with Crippen LogP contribution < -0.4 is 5.32 Å². The Bertz CT molecular complexity index is 812. The summed E-state index contributed by atoms with van der Waals surface area (Å²) in [5.41, 5.74) is -0.0164. The van der Waals surface area contributed by atoms with Gasteiger partial charge in [-0.2, -0.15) is 18.3 Å². The molecule has 1 aliphatic carbocycles. The minimum Gasteiger partial charge on any atom is -0.341 e. The summed E-state index contributed by atoms with van der Waals surface area (Å²) in [7, 11) is 1.31. The van der Waals surface area contributed by atoms with Crippen LogP contribution in [0.2, 0.25) is 0 Å². The second-order valence-corrected chi connectivity index (χ2v) is 6.66. The van der Waals surface area contributed by atoms with Crippen LogP contribution in [0.3, 0.4) is 0 Å². The third kappa shape index (κ3) is 3.04. The van der Waals surface area contributed by atoms with E-state index in [2.05, 4.69) is 31.3 Å². The SMILES string of the molecule is Cc1cc(C2(NC(=O)c3cc(C(F)(F)F)nn3C)CC2)cnc1Br. The Balaban J connectivity index is 1.84. The predicted octanol–water partition coefficient (Wildman–Crippen LogP) is 3.32. The maximum atomic E-state index is 12.7. The fraction of sp³-hybridized carbons (Fsp3) is 0.400. The van der Waals surface area contributed by atoms with Crippen LogP contribution in [0, 0.1) is 6.92 Å². The second kappa shape index (κ2) is 5.58. The van der Waals surface area contributed by atoms with E-state index < -0.39 is 23.3 Å². The van der Waals surface area contributed by atoms with Gasteiger partial charge >= 0.3 is 6.18 Å². The number of nitrogens with one attached hydrogen (secondary N) is 1. The molecule has 0 unspecified atom stereocenters. The zero-order valence-corrected chi connectivity index (χ0v) is 14.5. The number of hydrogen-bond donors (Lipinski definition) is 1. The van der Waals surface area contributed by atoms with Crippen LogP contribution >= 0.6 is 15.9 Å². The molecule has 1 aliphatic rings. The number of carbonyl (C=O) groups is 1. The van der Waals surface area contributed by atoms with Crippen molar-refractivity contribution < 1.29 is 18.0 Å². The Morgan fingerprint density at radius 2 is 2.04 bits per heavy atom. The second-order valence-electron chi connectivity index (χ2n) is 5.90. The van der Waals surface area contributed by atoms with Gasteiger partial charge < -0.3 is 5.32 Å². The molecule has 1 fully saturated rings. The topological polar surface area (TPSA) is 59.8 Å². The van der Waals surface area contributed by atoms with Crippen LogP contribution in [-0.4, -0.2) is 20.7 Å². The molecule has 0 saturated heterocycles. The smallest absolute Gasteiger partial charge is 0.341 e. The summed E-state index contributed by atoms with van der Waals surface area (Å²) in [6, 6.07) is 2.67. The molecule has 0 atom stereocenters. The van der Waals surface area contributed by atoms with Crippen molar-refractivity contribution >= 4 is 21.8 Å². The van der Waals surface area contributed by atoms with Crippen LogP contribution in [0.15, 0.2) is 22.9 Å². The van der Waals surface area contributed by atoms with E-state index in [4.69, 9.17) is 0 Å². The van der Waals surface area contributed by atoms with Gasteiger partial charge in [0.05, 0.1) is 5.54 Å². The Morgan fingerprint density at radius 1 is 1.38 bits per heavy atom. The van der Waals surface area contributed by atoms with Crippen LogP contribution in [0.4, 0.5) is 13.2 Å². The summed E-state index contributed by atoms with van der Waals surface area (Å²) in [4.78, 5) is 16.6. The average molecular weight is 403 g/mol. The summed E-state index contributed by atoms with van der Waals surface area (Å²) < 4.78 is 39.8. The van der Waals surface area contributed by atoms with E-state index in [0.29, 0.717) is 12.8 Å². The van der Waals surface area contributed by atoms with Crippen LogP contribution in [0.5, 0.6) is 0 Å². The van der Waals surface area contributed by atoms with Crippen molar-refractivity contribution in [1.29, 1.82) is 0 Å². The number of rotatable bonds is 3. The maximum Gasteiger partial charge on any atom is 0.435 e. The number of alkyl halides is 3. The van der Waals surface area contributed by atoms with Crippen molar-refractivity contribution in [2.75, 3.05) is 0 Å². The number of pyridine rings is 1. The van der Waals surface area contributed by atoms with E-state index in [1.807, 2.05) is 13.0 Å². The Hall–Kier alpha value is -1.90. The molecule has 0 aliphatic heterocycles. The molecule has 9 heteroatoms. The fourth-order valence-electron chi connectivity index (χ4n) is 2.53. The largest absolute Gasteiger partial charge is 0.435 e. The summed E-state index contributed by atoms with van der Waals surface area (Å²) in [6.07, 6.45) is -1.49. The van der Waals surface area contributed by atoms with Gasteiger partial charge in [0, 0.05) is 19.3 Å². The number of hydrogen-bond acceptors (Lipinski definition) is 3. The van der Waals surface area contributed by atoms with E-state index in [9.17, 15) is 18.0 Å². The van der Waals surface area contributed by atoms with E-state index in [-0.39, 0.29) is 5.69 Å². The number of nitrogens with zero attached hydrogens (tertiary/aromatic N) is 3. The summed E-state index contributed by atoms with van der Waals surface area (Å²) >= 11 is 3.32. The molecule has 2 heterocycles. The van der Waals surface area contributed by atoms with E-state index in [1.54, 1.807) is 6.20 Å². The van der Waals surface area contributed by atoms with Crippen LogP contribution in [0.25, 0.3) is 0 Å². The molecule has 1 N–H and O–H groups in total. The molecule has 0 radical (unpaired) electrons. The highest BCUT2D eigenvalue weighted by Gasteiger charge is 2.47. The van der Waals surface area contributed by atoms with Gasteiger partial charge in [-0.15, -0.1) is 0 Å². The normalized spacial score (nSPS) is 16.1.